The number of hydrogen-bond donors (Lipinski definition) is 2. The monoisotopic (exact) mass is 360 g/mol. The molecule has 2 aromatic rings. The van der Waals surface area contributed by atoms with Crippen LogP contribution in [-0.2, 0) is 16.1 Å². The minimum absolute atomic E-state index is 0. The summed E-state index contributed by atoms with van der Waals surface area (Å²) in [4.78, 5) is 12.4. The number of nitrogens with two attached hydrogens (primary N) is 1. The quantitative estimate of drug-likeness (QED) is 0.880. The summed E-state index contributed by atoms with van der Waals surface area (Å²) in [5.41, 5.74) is 10.0. The molecular formula is C20H25ClN2O2. The van der Waals surface area contributed by atoms with Gasteiger partial charge >= 0.3 is 0 Å². The average Bonchev–Trinajstić information content (AvgIpc) is 2.60. The third-order valence-corrected chi connectivity index (χ3v) is 4.57. The number of carbonyl (C=O) groups excluding carboxylic acids is 1. The number of benzene rings is 2. The Bertz CT molecular complexity index is 727. The van der Waals surface area contributed by atoms with Crippen molar-refractivity contribution in [3.63, 3.8) is 0 Å². The van der Waals surface area contributed by atoms with Gasteiger partial charge in [-0.25, -0.2) is 0 Å². The van der Waals surface area contributed by atoms with Gasteiger partial charge in [0.2, 0.25) is 5.91 Å². The Kier molecular flexibility index (Phi) is 6.59. The molecule has 3 rings (SSSR count). The second-order valence-corrected chi connectivity index (χ2v) is 6.52. The van der Waals surface area contributed by atoms with Gasteiger partial charge in [0.15, 0.2) is 0 Å². The van der Waals surface area contributed by atoms with E-state index in [0.29, 0.717) is 32.6 Å². The van der Waals surface area contributed by atoms with E-state index in [0.717, 1.165) is 11.1 Å². The summed E-state index contributed by atoms with van der Waals surface area (Å²) in [5, 5.41) is 2.98. The van der Waals surface area contributed by atoms with E-state index < -0.39 is 5.54 Å². The summed E-state index contributed by atoms with van der Waals surface area (Å²) < 4.78 is 5.29. The van der Waals surface area contributed by atoms with Crippen LogP contribution < -0.4 is 11.1 Å². The first-order chi connectivity index (χ1) is 11.6. The molecular weight excluding hydrogens is 336 g/mol. The van der Waals surface area contributed by atoms with Crippen LogP contribution in [0, 0.1) is 6.92 Å². The first kappa shape index (κ1) is 19.4. The van der Waals surface area contributed by atoms with Crippen molar-refractivity contribution in [3.8, 4) is 11.1 Å². The molecule has 0 saturated carbocycles. The Balaban J connectivity index is 0.00000225. The summed E-state index contributed by atoms with van der Waals surface area (Å²) in [6.07, 6.45) is 1.14. The molecule has 1 aliphatic rings. The molecule has 0 aromatic heterocycles. The SMILES string of the molecule is Cc1cccc(-c2cccc(CNC(=O)C3(N)CCOCC3)c2)c1.Cl. The summed E-state index contributed by atoms with van der Waals surface area (Å²) in [6.45, 7) is 3.67. The molecule has 0 radical (unpaired) electrons. The zero-order valence-electron chi connectivity index (χ0n) is 14.5. The first-order valence-electron chi connectivity index (χ1n) is 8.38. The molecule has 0 atom stereocenters. The van der Waals surface area contributed by atoms with Gasteiger partial charge in [-0.2, -0.15) is 0 Å². The highest BCUT2D eigenvalue weighted by Gasteiger charge is 2.35. The average molecular weight is 361 g/mol. The van der Waals surface area contributed by atoms with Crippen molar-refractivity contribution >= 4 is 18.3 Å². The number of carbonyl (C=O) groups is 1. The highest BCUT2D eigenvalue weighted by Crippen LogP contribution is 2.22. The topological polar surface area (TPSA) is 64.4 Å². The van der Waals surface area contributed by atoms with E-state index in [9.17, 15) is 4.79 Å². The Morgan fingerprint density at radius 2 is 1.76 bits per heavy atom. The molecule has 1 fully saturated rings. The summed E-state index contributed by atoms with van der Waals surface area (Å²) >= 11 is 0. The van der Waals surface area contributed by atoms with E-state index in [2.05, 4.69) is 48.6 Å². The van der Waals surface area contributed by atoms with Gasteiger partial charge in [0.25, 0.3) is 0 Å². The number of hydrogen-bond acceptors (Lipinski definition) is 3. The fourth-order valence-electron chi connectivity index (χ4n) is 3.01. The number of amides is 1. The minimum Gasteiger partial charge on any atom is -0.381 e. The van der Waals surface area contributed by atoms with Gasteiger partial charge in [-0.15, -0.1) is 12.4 Å². The first-order valence-corrected chi connectivity index (χ1v) is 8.38. The van der Waals surface area contributed by atoms with Crippen LogP contribution in [0.1, 0.15) is 24.0 Å². The van der Waals surface area contributed by atoms with Gasteiger partial charge < -0.3 is 15.8 Å². The largest absolute Gasteiger partial charge is 0.381 e. The second-order valence-electron chi connectivity index (χ2n) is 6.52. The normalized spacial score (nSPS) is 15.9. The van der Waals surface area contributed by atoms with Gasteiger partial charge in [0.1, 0.15) is 0 Å². The van der Waals surface area contributed by atoms with E-state index in [-0.39, 0.29) is 18.3 Å². The molecule has 0 unspecified atom stereocenters. The molecule has 1 amide bonds. The van der Waals surface area contributed by atoms with Crippen molar-refractivity contribution in [2.24, 2.45) is 5.73 Å². The lowest BCUT2D eigenvalue weighted by Crippen LogP contribution is -2.56. The molecule has 0 aliphatic carbocycles. The fourth-order valence-corrected chi connectivity index (χ4v) is 3.01. The molecule has 5 heteroatoms. The number of nitrogens with one attached hydrogen (secondary N) is 1. The molecule has 2 aromatic carbocycles. The second kappa shape index (κ2) is 8.48. The Hall–Kier alpha value is -1.88. The maximum absolute atomic E-state index is 12.4. The zero-order valence-corrected chi connectivity index (χ0v) is 15.3. The van der Waals surface area contributed by atoms with Gasteiger partial charge in [-0.05, 0) is 42.5 Å². The maximum Gasteiger partial charge on any atom is 0.240 e. The predicted octanol–water partition coefficient (Wildman–Crippen LogP) is 3.21. The van der Waals surface area contributed by atoms with Crippen LogP contribution in [0.2, 0.25) is 0 Å². The number of rotatable bonds is 4. The van der Waals surface area contributed by atoms with Crippen LogP contribution in [-0.4, -0.2) is 24.7 Å². The molecule has 25 heavy (non-hydrogen) atoms. The fraction of sp³-hybridized carbons (Fsp3) is 0.350. The number of aryl methyl sites for hydroxylation is 1. The van der Waals surface area contributed by atoms with E-state index >= 15 is 0 Å². The van der Waals surface area contributed by atoms with Gasteiger partial charge in [0.05, 0.1) is 5.54 Å². The third kappa shape index (κ3) is 4.82. The molecule has 1 heterocycles. The lowest BCUT2D eigenvalue weighted by Gasteiger charge is -2.31. The number of ether oxygens (including phenoxy) is 1. The van der Waals surface area contributed by atoms with Crippen molar-refractivity contribution in [3.05, 3.63) is 59.7 Å². The van der Waals surface area contributed by atoms with E-state index in [4.69, 9.17) is 10.5 Å². The summed E-state index contributed by atoms with van der Waals surface area (Å²) in [7, 11) is 0. The Morgan fingerprint density at radius 1 is 1.12 bits per heavy atom. The minimum atomic E-state index is -0.799. The molecule has 0 spiro atoms. The van der Waals surface area contributed by atoms with Crippen LogP contribution >= 0.6 is 12.4 Å². The van der Waals surface area contributed by atoms with Gasteiger partial charge in [0, 0.05) is 19.8 Å². The van der Waals surface area contributed by atoms with Crippen molar-refractivity contribution in [1.82, 2.24) is 5.32 Å². The van der Waals surface area contributed by atoms with Crippen LogP contribution in [0.15, 0.2) is 48.5 Å². The van der Waals surface area contributed by atoms with Crippen LogP contribution in [0.4, 0.5) is 0 Å². The highest BCUT2D eigenvalue weighted by atomic mass is 35.5. The zero-order chi connectivity index (χ0) is 17.0. The molecule has 134 valence electrons. The summed E-state index contributed by atoms with van der Waals surface area (Å²) in [5.74, 6) is -0.0910. The molecule has 0 bridgehead atoms. The van der Waals surface area contributed by atoms with E-state index in [1.54, 1.807) is 0 Å². The Labute approximate surface area is 155 Å². The lowest BCUT2D eigenvalue weighted by molar-refractivity contribution is -0.129. The Morgan fingerprint density at radius 3 is 2.44 bits per heavy atom. The molecule has 3 N–H and O–H groups in total. The predicted molar refractivity (Wildman–Crippen MR) is 103 cm³/mol. The standard InChI is InChI=1S/C20H24N2O2.ClH/c1-15-4-2-6-17(12-15)18-7-3-5-16(13-18)14-22-19(23)20(21)8-10-24-11-9-20;/h2-7,12-13H,8-11,14,21H2,1H3,(H,22,23);1H. The summed E-state index contributed by atoms with van der Waals surface area (Å²) in [6, 6.07) is 16.6. The van der Waals surface area contributed by atoms with Crippen LogP contribution in [0.5, 0.6) is 0 Å². The third-order valence-electron chi connectivity index (χ3n) is 4.57. The van der Waals surface area contributed by atoms with Crippen LogP contribution in [0.3, 0.4) is 0 Å². The molecule has 1 saturated heterocycles. The van der Waals surface area contributed by atoms with Crippen molar-refractivity contribution < 1.29 is 9.53 Å². The van der Waals surface area contributed by atoms with E-state index in [1.807, 2.05) is 12.1 Å². The van der Waals surface area contributed by atoms with Crippen molar-refractivity contribution in [2.45, 2.75) is 31.8 Å². The van der Waals surface area contributed by atoms with Crippen LogP contribution in [0.25, 0.3) is 11.1 Å². The maximum atomic E-state index is 12.4. The smallest absolute Gasteiger partial charge is 0.240 e. The number of halogens is 1. The van der Waals surface area contributed by atoms with Crippen molar-refractivity contribution in [2.75, 3.05) is 13.2 Å². The van der Waals surface area contributed by atoms with Gasteiger partial charge in [-0.1, -0.05) is 48.0 Å². The lowest BCUT2D eigenvalue weighted by atomic mass is 9.90. The highest BCUT2D eigenvalue weighted by molar-refractivity contribution is 5.86. The molecule has 1 aliphatic heterocycles. The van der Waals surface area contributed by atoms with Crippen molar-refractivity contribution in [1.29, 1.82) is 0 Å². The van der Waals surface area contributed by atoms with Gasteiger partial charge in [-0.3, -0.25) is 4.79 Å². The molecule has 4 nitrogen and oxygen atoms in total. The van der Waals surface area contributed by atoms with E-state index in [1.165, 1.54) is 11.1 Å².